The number of halogens is 1. The van der Waals surface area contributed by atoms with Crippen LogP contribution in [0, 0.1) is 0 Å². The highest BCUT2D eigenvalue weighted by atomic mass is 79.9. The fourth-order valence-corrected chi connectivity index (χ4v) is 2.97. The van der Waals surface area contributed by atoms with E-state index in [-0.39, 0.29) is 5.91 Å². The molecule has 0 radical (unpaired) electrons. The molecule has 23 heavy (non-hydrogen) atoms. The van der Waals surface area contributed by atoms with Crippen LogP contribution in [0.5, 0.6) is 0 Å². The number of hydrogen-bond donors (Lipinski definition) is 1. The minimum atomic E-state index is 0.0120. The van der Waals surface area contributed by atoms with E-state index in [1.165, 1.54) is 0 Å². The van der Waals surface area contributed by atoms with E-state index >= 15 is 0 Å². The molecule has 5 nitrogen and oxygen atoms in total. The SMILES string of the molecule is O=C(CCc1ccc(Br)cc1)NCc1cn(-c2ccsc2)nn1. The van der Waals surface area contributed by atoms with Crippen molar-refractivity contribution < 1.29 is 4.79 Å². The summed E-state index contributed by atoms with van der Waals surface area (Å²) in [5.74, 6) is 0.0120. The molecule has 0 saturated heterocycles. The molecule has 1 N–H and O–H groups in total. The first-order chi connectivity index (χ1) is 11.2. The molecule has 118 valence electrons. The summed E-state index contributed by atoms with van der Waals surface area (Å²) in [5.41, 5.74) is 2.87. The van der Waals surface area contributed by atoms with Crippen LogP contribution in [0.1, 0.15) is 17.7 Å². The zero-order valence-corrected chi connectivity index (χ0v) is 14.7. The quantitative estimate of drug-likeness (QED) is 0.701. The third-order valence-corrected chi connectivity index (χ3v) is 4.53. The van der Waals surface area contributed by atoms with Gasteiger partial charge in [0.15, 0.2) is 0 Å². The molecule has 0 atom stereocenters. The Kier molecular flexibility index (Phi) is 5.19. The lowest BCUT2D eigenvalue weighted by Crippen LogP contribution is -2.23. The minimum absolute atomic E-state index is 0.0120. The maximum Gasteiger partial charge on any atom is 0.220 e. The molecule has 0 aliphatic rings. The van der Waals surface area contributed by atoms with Gasteiger partial charge in [-0.2, -0.15) is 11.3 Å². The second-order valence-corrected chi connectivity index (χ2v) is 6.73. The molecule has 2 heterocycles. The average Bonchev–Trinajstić information content (AvgIpc) is 3.23. The summed E-state index contributed by atoms with van der Waals surface area (Å²) in [7, 11) is 0. The van der Waals surface area contributed by atoms with E-state index in [1.54, 1.807) is 16.0 Å². The molecule has 3 aromatic rings. The molecule has 0 aliphatic carbocycles. The van der Waals surface area contributed by atoms with Gasteiger partial charge in [0, 0.05) is 16.3 Å². The van der Waals surface area contributed by atoms with E-state index in [0.29, 0.717) is 13.0 Å². The van der Waals surface area contributed by atoms with Crippen LogP contribution in [-0.4, -0.2) is 20.9 Å². The van der Waals surface area contributed by atoms with Crippen molar-refractivity contribution in [2.75, 3.05) is 0 Å². The first-order valence-electron chi connectivity index (χ1n) is 7.15. The second-order valence-electron chi connectivity index (χ2n) is 5.04. The Balaban J connectivity index is 1.46. The fourth-order valence-electron chi connectivity index (χ4n) is 2.08. The van der Waals surface area contributed by atoms with Crippen LogP contribution in [0.4, 0.5) is 0 Å². The molecule has 0 bridgehead atoms. The van der Waals surface area contributed by atoms with Gasteiger partial charge in [0.05, 0.1) is 18.4 Å². The molecular weight excluding hydrogens is 376 g/mol. The first-order valence-corrected chi connectivity index (χ1v) is 8.89. The Hall–Kier alpha value is -1.99. The highest BCUT2D eigenvalue weighted by molar-refractivity contribution is 9.10. The zero-order chi connectivity index (χ0) is 16.1. The van der Waals surface area contributed by atoms with Gasteiger partial charge in [0.2, 0.25) is 5.91 Å². The number of hydrogen-bond acceptors (Lipinski definition) is 4. The van der Waals surface area contributed by atoms with E-state index in [9.17, 15) is 4.79 Å². The van der Waals surface area contributed by atoms with Gasteiger partial charge in [0.25, 0.3) is 0 Å². The number of aromatic nitrogens is 3. The summed E-state index contributed by atoms with van der Waals surface area (Å²) in [6.07, 6.45) is 3.01. The molecule has 0 unspecified atom stereocenters. The van der Waals surface area contributed by atoms with E-state index in [2.05, 4.69) is 31.6 Å². The Morgan fingerprint density at radius 2 is 2.09 bits per heavy atom. The van der Waals surface area contributed by atoms with E-state index in [0.717, 1.165) is 27.8 Å². The van der Waals surface area contributed by atoms with Crippen LogP contribution in [0.25, 0.3) is 5.69 Å². The normalized spacial score (nSPS) is 10.7. The molecule has 0 aliphatic heterocycles. The van der Waals surface area contributed by atoms with Crippen LogP contribution in [-0.2, 0) is 17.8 Å². The molecular formula is C16H15BrN4OS. The third-order valence-electron chi connectivity index (χ3n) is 3.33. The average molecular weight is 391 g/mol. The summed E-state index contributed by atoms with van der Waals surface area (Å²) in [5, 5.41) is 15.0. The Labute approximate surface area is 146 Å². The summed E-state index contributed by atoms with van der Waals surface area (Å²) in [4.78, 5) is 11.9. The molecule has 2 aromatic heterocycles. The predicted octanol–water partition coefficient (Wildman–Crippen LogP) is 3.34. The largest absolute Gasteiger partial charge is 0.350 e. The molecule has 0 saturated carbocycles. The maximum atomic E-state index is 11.9. The molecule has 7 heteroatoms. The van der Waals surface area contributed by atoms with Gasteiger partial charge in [0.1, 0.15) is 5.69 Å². The van der Waals surface area contributed by atoms with Crippen molar-refractivity contribution in [2.24, 2.45) is 0 Å². The number of nitrogens with one attached hydrogen (secondary N) is 1. The Bertz CT molecular complexity index is 768. The van der Waals surface area contributed by atoms with Gasteiger partial charge in [-0.05, 0) is 35.6 Å². The van der Waals surface area contributed by atoms with Crippen molar-refractivity contribution in [3.63, 3.8) is 0 Å². The monoisotopic (exact) mass is 390 g/mol. The predicted molar refractivity (Wildman–Crippen MR) is 93.5 cm³/mol. The van der Waals surface area contributed by atoms with Crippen LogP contribution in [0.2, 0.25) is 0 Å². The van der Waals surface area contributed by atoms with Crippen LogP contribution >= 0.6 is 27.3 Å². The molecule has 0 fully saturated rings. The van der Waals surface area contributed by atoms with Gasteiger partial charge in [-0.25, -0.2) is 4.68 Å². The zero-order valence-electron chi connectivity index (χ0n) is 12.3. The van der Waals surface area contributed by atoms with Crippen molar-refractivity contribution in [3.8, 4) is 5.69 Å². The summed E-state index contributed by atoms with van der Waals surface area (Å²) >= 11 is 5.00. The number of carbonyl (C=O) groups is 1. The third kappa shape index (κ3) is 4.49. The summed E-state index contributed by atoms with van der Waals surface area (Å²) in [6.45, 7) is 0.392. The van der Waals surface area contributed by atoms with Gasteiger partial charge < -0.3 is 5.32 Å². The molecule has 1 aromatic carbocycles. The van der Waals surface area contributed by atoms with Crippen LogP contribution < -0.4 is 5.32 Å². The van der Waals surface area contributed by atoms with Gasteiger partial charge >= 0.3 is 0 Å². The lowest BCUT2D eigenvalue weighted by molar-refractivity contribution is -0.121. The number of benzene rings is 1. The molecule has 3 rings (SSSR count). The lowest BCUT2D eigenvalue weighted by Gasteiger charge is -2.03. The summed E-state index contributed by atoms with van der Waals surface area (Å²) in [6, 6.07) is 9.97. The summed E-state index contributed by atoms with van der Waals surface area (Å²) < 4.78 is 2.75. The standard InChI is InChI=1S/C16H15BrN4OS/c17-13-4-1-12(2-5-13)3-6-16(22)18-9-14-10-21(20-19-14)15-7-8-23-11-15/h1-2,4-5,7-8,10-11H,3,6,9H2,(H,18,22). The highest BCUT2D eigenvalue weighted by Gasteiger charge is 2.06. The topological polar surface area (TPSA) is 59.8 Å². The van der Waals surface area contributed by atoms with E-state index < -0.39 is 0 Å². The molecule has 0 spiro atoms. The van der Waals surface area contributed by atoms with Gasteiger partial charge in [-0.3, -0.25) is 4.79 Å². The van der Waals surface area contributed by atoms with Crippen molar-refractivity contribution in [1.82, 2.24) is 20.3 Å². The smallest absolute Gasteiger partial charge is 0.220 e. The van der Waals surface area contributed by atoms with Crippen molar-refractivity contribution >= 4 is 33.2 Å². The van der Waals surface area contributed by atoms with Crippen molar-refractivity contribution in [3.05, 3.63) is 63.0 Å². The van der Waals surface area contributed by atoms with Crippen molar-refractivity contribution in [2.45, 2.75) is 19.4 Å². The number of nitrogens with zero attached hydrogens (tertiary/aromatic N) is 3. The van der Waals surface area contributed by atoms with Gasteiger partial charge in [-0.1, -0.05) is 33.3 Å². The Morgan fingerprint density at radius 1 is 1.26 bits per heavy atom. The first kappa shape index (κ1) is 15.9. The number of aryl methyl sites for hydroxylation is 1. The number of amides is 1. The molecule has 1 amide bonds. The van der Waals surface area contributed by atoms with E-state index in [1.807, 2.05) is 47.3 Å². The highest BCUT2D eigenvalue weighted by Crippen LogP contribution is 2.12. The lowest BCUT2D eigenvalue weighted by atomic mass is 10.1. The number of thiophene rings is 1. The van der Waals surface area contributed by atoms with E-state index in [4.69, 9.17) is 0 Å². The maximum absolute atomic E-state index is 11.9. The number of rotatable bonds is 6. The van der Waals surface area contributed by atoms with Gasteiger partial charge in [-0.15, -0.1) is 5.10 Å². The fraction of sp³-hybridized carbons (Fsp3) is 0.188. The number of carbonyl (C=O) groups excluding carboxylic acids is 1. The Morgan fingerprint density at radius 3 is 2.83 bits per heavy atom. The van der Waals surface area contributed by atoms with Crippen LogP contribution in [0.15, 0.2) is 51.8 Å². The van der Waals surface area contributed by atoms with Crippen molar-refractivity contribution in [1.29, 1.82) is 0 Å². The minimum Gasteiger partial charge on any atom is -0.350 e. The van der Waals surface area contributed by atoms with Crippen LogP contribution in [0.3, 0.4) is 0 Å². The second kappa shape index (κ2) is 7.52.